The van der Waals surface area contributed by atoms with Gasteiger partial charge in [-0.05, 0) is 0 Å². The summed E-state index contributed by atoms with van der Waals surface area (Å²) in [5.41, 5.74) is 22.1. The zero-order chi connectivity index (χ0) is 29.1. The summed E-state index contributed by atoms with van der Waals surface area (Å²) >= 11 is 0. The quantitative estimate of drug-likeness (QED) is 0.0668. The number of nitrogens with two attached hydrogens (primary N) is 4. The Labute approximate surface area is 221 Å². The van der Waals surface area contributed by atoms with Gasteiger partial charge in [0.05, 0.1) is 19.6 Å². The average molecular weight is 550 g/mol. The maximum atomic E-state index is 12.9. The monoisotopic (exact) mass is 549 g/mol. The van der Waals surface area contributed by atoms with E-state index in [9.17, 15) is 39.3 Å². The molecule has 0 bridgehead atoms. The molecule has 0 heterocycles. The Bertz CT molecular complexity index is 746. The summed E-state index contributed by atoms with van der Waals surface area (Å²) in [6.07, 6.45) is 0. The van der Waals surface area contributed by atoms with E-state index < -0.39 is 43.6 Å². The maximum absolute atomic E-state index is 12.9. The van der Waals surface area contributed by atoms with Gasteiger partial charge in [-0.25, -0.2) is 4.79 Å². The van der Waals surface area contributed by atoms with Gasteiger partial charge in [-0.15, -0.1) is 0 Å². The molecule has 0 fully saturated rings. The molecule has 0 radical (unpaired) electrons. The van der Waals surface area contributed by atoms with Gasteiger partial charge in [0.25, 0.3) is 0 Å². The molecule has 0 saturated carbocycles. The Morgan fingerprint density at radius 1 is 0.447 bits per heavy atom. The van der Waals surface area contributed by atoms with E-state index in [1.165, 1.54) is 19.6 Å². The highest BCUT2D eigenvalue weighted by Gasteiger charge is 2.24. The summed E-state index contributed by atoms with van der Waals surface area (Å²) in [6, 6.07) is -0.600. The molecule has 0 spiro atoms. The van der Waals surface area contributed by atoms with Crippen LogP contribution in [0.2, 0.25) is 0 Å². The maximum Gasteiger partial charge on any atom is 0.323 e. The van der Waals surface area contributed by atoms with Crippen molar-refractivity contribution in [2.24, 2.45) is 22.9 Å². The van der Waals surface area contributed by atoms with Crippen LogP contribution >= 0.6 is 0 Å². The van der Waals surface area contributed by atoms with Crippen LogP contribution in [0.4, 0.5) is 4.79 Å². The highest BCUT2D eigenvalue weighted by atomic mass is 16.4. The molecule has 0 unspecified atom stereocenters. The van der Waals surface area contributed by atoms with Crippen molar-refractivity contribution in [2.75, 3.05) is 105 Å². The number of aliphatic carboxylic acids is 3. The molecule has 0 rings (SSSR count). The number of hydrogen-bond acceptors (Lipinski definition) is 11. The Morgan fingerprint density at radius 2 is 0.842 bits per heavy atom. The number of hydrogen-bond donors (Lipinski definition) is 7. The van der Waals surface area contributed by atoms with Crippen LogP contribution in [-0.4, -0.2) is 174 Å². The molecule has 0 aromatic heterocycles. The number of nitrogens with zero attached hydrogens (tertiary/aromatic N) is 5. The highest BCUT2D eigenvalue weighted by Crippen LogP contribution is 2.02. The van der Waals surface area contributed by atoms with Gasteiger partial charge in [-0.2, -0.15) is 0 Å². The van der Waals surface area contributed by atoms with Crippen molar-refractivity contribution in [3.05, 3.63) is 0 Å². The van der Waals surface area contributed by atoms with Gasteiger partial charge >= 0.3 is 23.9 Å². The summed E-state index contributed by atoms with van der Waals surface area (Å²) in [5, 5.41) is 27.9. The van der Waals surface area contributed by atoms with Crippen molar-refractivity contribution < 1.29 is 39.3 Å². The summed E-state index contributed by atoms with van der Waals surface area (Å²) in [6.45, 7) is -0.365. The molecule has 0 aliphatic rings. The van der Waals surface area contributed by atoms with Crippen LogP contribution in [0, 0.1) is 0 Å². The van der Waals surface area contributed by atoms with Crippen LogP contribution in [0.25, 0.3) is 0 Å². The molecule has 0 saturated heterocycles. The smallest absolute Gasteiger partial charge is 0.323 e. The van der Waals surface area contributed by atoms with Crippen molar-refractivity contribution in [3.8, 4) is 0 Å². The number of carbonyl (C=O) groups is 5. The van der Waals surface area contributed by atoms with Crippen molar-refractivity contribution in [1.29, 1.82) is 0 Å². The van der Waals surface area contributed by atoms with Gasteiger partial charge in [-0.1, -0.05) is 0 Å². The molecule has 0 aliphatic heterocycles. The van der Waals surface area contributed by atoms with Crippen LogP contribution in [0.3, 0.4) is 0 Å². The highest BCUT2D eigenvalue weighted by molar-refractivity contribution is 5.80. The third-order valence-electron chi connectivity index (χ3n) is 5.31. The molecular weight excluding hydrogens is 506 g/mol. The number of carboxylic acid groups (broad SMARTS) is 3. The van der Waals surface area contributed by atoms with E-state index in [4.69, 9.17) is 22.9 Å². The van der Waals surface area contributed by atoms with E-state index in [2.05, 4.69) is 0 Å². The molecule has 0 aromatic carbocycles. The second kappa shape index (κ2) is 19.9. The number of urea groups is 1. The SMILES string of the molecule is NCCN(CCN)C(=O)CN(CCN(CCN(CC(=O)O)C(=O)N(CCN)CCN)CC(=O)O)CC(=O)O. The second-order valence-corrected chi connectivity index (χ2v) is 8.39. The van der Waals surface area contributed by atoms with Crippen molar-refractivity contribution in [1.82, 2.24) is 24.5 Å². The Balaban J connectivity index is 5.48. The van der Waals surface area contributed by atoms with Gasteiger partial charge in [0.15, 0.2) is 0 Å². The van der Waals surface area contributed by atoms with E-state index in [0.717, 1.165) is 4.90 Å². The average Bonchev–Trinajstić information content (AvgIpc) is 2.83. The molecule has 17 nitrogen and oxygen atoms in total. The standard InChI is InChI=1S/C21H43N9O8/c22-1-5-28(6-2-23)17(31)13-27(15-19(34)35)10-9-26(14-18(32)33)11-12-30(16-20(36)37)21(38)29(7-3-24)8-4-25/h1-16,22-25H2,(H,32,33)(H,34,35)(H,36,37). The Kier molecular flexibility index (Phi) is 18.3. The lowest BCUT2D eigenvalue weighted by Crippen LogP contribution is -2.51. The molecule has 3 amide bonds. The topological polar surface area (TPSA) is 266 Å². The fourth-order valence-electron chi connectivity index (χ4n) is 3.60. The summed E-state index contributed by atoms with van der Waals surface area (Å²) in [4.78, 5) is 66.3. The fourth-order valence-corrected chi connectivity index (χ4v) is 3.60. The fraction of sp³-hybridized carbons (Fsp3) is 0.762. The van der Waals surface area contributed by atoms with Gasteiger partial charge in [0.2, 0.25) is 5.91 Å². The van der Waals surface area contributed by atoms with Gasteiger partial charge in [0.1, 0.15) is 6.54 Å². The number of amides is 3. The number of carboxylic acids is 3. The lowest BCUT2D eigenvalue weighted by atomic mass is 10.3. The first-order valence-electron chi connectivity index (χ1n) is 12.2. The third-order valence-corrected chi connectivity index (χ3v) is 5.31. The molecule has 17 heteroatoms. The third kappa shape index (κ3) is 15.2. The van der Waals surface area contributed by atoms with E-state index in [1.54, 1.807) is 0 Å². The molecule has 0 aromatic rings. The second-order valence-electron chi connectivity index (χ2n) is 8.39. The normalized spacial score (nSPS) is 11.0. The summed E-state index contributed by atoms with van der Waals surface area (Å²) in [7, 11) is 0. The molecule has 38 heavy (non-hydrogen) atoms. The number of carbonyl (C=O) groups excluding carboxylic acids is 2. The first-order valence-corrected chi connectivity index (χ1v) is 12.2. The molecular formula is C21H43N9O8. The van der Waals surface area contributed by atoms with Gasteiger partial charge < -0.3 is 53.0 Å². The first kappa shape index (κ1) is 34.9. The summed E-state index contributed by atoms with van der Waals surface area (Å²) in [5.74, 6) is -3.98. The Hall–Kier alpha value is -3.09. The minimum absolute atomic E-state index is 0.0176. The first-order chi connectivity index (χ1) is 18.0. The molecule has 11 N–H and O–H groups in total. The predicted molar refractivity (Wildman–Crippen MR) is 137 cm³/mol. The van der Waals surface area contributed by atoms with E-state index >= 15 is 0 Å². The molecule has 0 atom stereocenters. The predicted octanol–water partition coefficient (Wildman–Crippen LogP) is -4.77. The lowest BCUT2D eigenvalue weighted by Gasteiger charge is -2.32. The molecule has 220 valence electrons. The van der Waals surface area contributed by atoms with Crippen LogP contribution in [0.1, 0.15) is 0 Å². The van der Waals surface area contributed by atoms with E-state index in [0.29, 0.717) is 0 Å². The minimum Gasteiger partial charge on any atom is -0.480 e. The van der Waals surface area contributed by atoms with Crippen molar-refractivity contribution in [2.45, 2.75) is 0 Å². The van der Waals surface area contributed by atoms with Crippen LogP contribution < -0.4 is 22.9 Å². The zero-order valence-electron chi connectivity index (χ0n) is 21.7. The largest absolute Gasteiger partial charge is 0.480 e. The van der Waals surface area contributed by atoms with E-state index in [-0.39, 0.29) is 91.0 Å². The van der Waals surface area contributed by atoms with Crippen molar-refractivity contribution in [3.63, 3.8) is 0 Å². The van der Waals surface area contributed by atoms with Crippen LogP contribution in [0.15, 0.2) is 0 Å². The zero-order valence-corrected chi connectivity index (χ0v) is 21.7. The van der Waals surface area contributed by atoms with Crippen LogP contribution in [-0.2, 0) is 19.2 Å². The number of rotatable bonds is 22. The minimum atomic E-state index is -1.26. The Morgan fingerprint density at radius 3 is 1.29 bits per heavy atom. The van der Waals surface area contributed by atoms with Gasteiger partial charge in [-0.3, -0.25) is 29.0 Å². The van der Waals surface area contributed by atoms with Crippen LogP contribution in [0.5, 0.6) is 0 Å². The van der Waals surface area contributed by atoms with Gasteiger partial charge in [0, 0.05) is 78.5 Å². The summed E-state index contributed by atoms with van der Waals surface area (Å²) < 4.78 is 0. The molecule has 0 aliphatic carbocycles. The van der Waals surface area contributed by atoms with E-state index in [1.807, 2.05) is 0 Å². The lowest BCUT2D eigenvalue weighted by molar-refractivity contribution is -0.141. The van der Waals surface area contributed by atoms with Crippen molar-refractivity contribution >= 4 is 29.8 Å².